The van der Waals surface area contributed by atoms with Crippen LogP contribution in [0, 0.1) is 18.3 Å². The third kappa shape index (κ3) is 2.21. The maximum absolute atomic E-state index is 9.13. The summed E-state index contributed by atoms with van der Waals surface area (Å²) in [5, 5.41) is 16.6. The molecule has 0 radical (unpaired) electrons. The van der Waals surface area contributed by atoms with Gasteiger partial charge in [-0.25, -0.2) is 0 Å². The zero-order valence-corrected chi connectivity index (χ0v) is 10.9. The summed E-state index contributed by atoms with van der Waals surface area (Å²) < 4.78 is 1.70. The van der Waals surface area contributed by atoms with Gasteiger partial charge in [-0.15, -0.1) is 0 Å². The van der Waals surface area contributed by atoms with Crippen molar-refractivity contribution >= 4 is 11.5 Å². The molecular formula is C14H16N4. The Morgan fingerprint density at radius 3 is 2.56 bits per heavy atom. The van der Waals surface area contributed by atoms with E-state index in [1.165, 1.54) is 5.56 Å². The van der Waals surface area contributed by atoms with Crippen LogP contribution >= 0.6 is 0 Å². The summed E-state index contributed by atoms with van der Waals surface area (Å²) in [6.07, 6.45) is 1.02. The molecule has 1 heterocycles. The number of nitrogens with one attached hydrogen (secondary N) is 1. The van der Waals surface area contributed by atoms with Gasteiger partial charge in [-0.2, -0.15) is 10.4 Å². The lowest BCUT2D eigenvalue weighted by Crippen LogP contribution is -2.00. The molecule has 0 atom stereocenters. The maximum atomic E-state index is 9.13. The van der Waals surface area contributed by atoms with E-state index in [1.807, 2.05) is 26.1 Å². The SMILES string of the molecule is CCc1ccc(Nc2c(C#N)c(C)nn2C)cc1. The summed E-state index contributed by atoms with van der Waals surface area (Å²) >= 11 is 0. The van der Waals surface area contributed by atoms with Gasteiger partial charge in [-0.05, 0) is 31.0 Å². The van der Waals surface area contributed by atoms with E-state index in [0.717, 1.165) is 23.6 Å². The Morgan fingerprint density at radius 1 is 1.33 bits per heavy atom. The summed E-state index contributed by atoms with van der Waals surface area (Å²) in [6.45, 7) is 3.96. The second-order valence-electron chi connectivity index (χ2n) is 4.22. The zero-order chi connectivity index (χ0) is 13.1. The molecule has 0 saturated heterocycles. The number of aromatic nitrogens is 2. The molecule has 1 aromatic heterocycles. The van der Waals surface area contributed by atoms with Crippen LogP contribution in [0.15, 0.2) is 24.3 Å². The molecule has 18 heavy (non-hydrogen) atoms. The van der Waals surface area contributed by atoms with E-state index in [1.54, 1.807) is 4.68 Å². The topological polar surface area (TPSA) is 53.6 Å². The van der Waals surface area contributed by atoms with Crippen LogP contribution in [0.1, 0.15) is 23.7 Å². The van der Waals surface area contributed by atoms with Gasteiger partial charge in [0, 0.05) is 12.7 Å². The van der Waals surface area contributed by atoms with Crippen LogP contribution < -0.4 is 5.32 Å². The fraction of sp³-hybridized carbons (Fsp3) is 0.286. The molecule has 1 N–H and O–H groups in total. The van der Waals surface area contributed by atoms with Gasteiger partial charge in [0.1, 0.15) is 17.5 Å². The first-order chi connectivity index (χ1) is 8.65. The third-order valence-corrected chi connectivity index (χ3v) is 2.96. The predicted octanol–water partition coefficient (Wildman–Crippen LogP) is 2.91. The van der Waals surface area contributed by atoms with Crippen molar-refractivity contribution in [3.63, 3.8) is 0 Å². The number of nitriles is 1. The van der Waals surface area contributed by atoms with Gasteiger partial charge in [0.05, 0.1) is 5.69 Å². The highest BCUT2D eigenvalue weighted by Crippen LogP contribution is 2.22. The van der Waals surface area contributed by atoms with E-state index in [2.05, 4.69) is 35.5 Å². The molecule has 0 saturated carbocycles. The number of anilines is 2. The van der Waals surface area contributed by atoms with Gasteiger partial charge in [-0.3, -0.25) is 4.68 Å². The van der Waals surface area contributed by atoms with E-state index in [-0.39, 0.29) is 0 Å². The molecule has 0 aliphatic rings. The molecule has 0 aliphatic heterocycles. The Kier molecular flexibility index (Phi) is 3.33. The highest BCUT2D eigenvalue weighted by molar-refractivity contribution is 5.64. The van der Waals surface area contributed by atoms with Crippen molar-refractivity contribution in [1.82, 2.24) is 9.78 Å². The number of aryl methyl sites for hydroxylation is 3. The average molecular weight is 240 g/mol. The molecule has 2 aromatic rings. The quantitative estimate of drug-likeness (QED) is 0.897. The minimum absolute atomic E-state index is 0.595. The molecule has 0 fully saturated rings. The first-order valence-corrected chi connectivity index (χ1v) is 5.95. The molecule has 0 aliphatic carbocycles. The number of hydrogen-bond acceptors (Lipinski definition) is 3. The van der Waals surface area contributed by atoms with Crippen molar-refractivity contribution < 1.29 is 0 Å². The first-order valence-electron chi connectivity index (χ1n) is 5.95. The van der Waals surface area contributed by atoms with Crippen molar-refractivity contribution in [1.29, 1.82) is 5.26 Å². The summed E-state index contributed by atoms with van der Waals surface area (Å²) in [4.78, 5) is 0. The Bertz CT molecular complexity index is 587. The normalized spacial score (nSPS) is 10.1. The lowest BCUT2D eigenvalue weighted by Gasteiger charge is -2.07. The summed E-state index contributed by atoms with van der Waals surface area (Å²) in [7, 11) is 1.83. The maximum Gasteiger partial charge on any atom is 0.146 e. The third-order valence-electron chi connectivity index (χ3n) is 2.96. The predicted molar refractivity (Wildman–Crippen MR) is 71.8 cm³/mol. The van der Waals surface area contributed by atoms with Crippen LogP contribution in [0.4, 0.5) is 11.5 Å². The molecular weight excluding hydrogens is 224 g/mol. The highest BCUT2D eigenvalue weighted by atomic mass is 15.3. The second kappa shape index (κ2) is 4.92. The first kappa shape index (κ1) is 12.2. The van der Waals surface area contributed by atoms with Gasteiger partial charge in [0.2, 0.25) is 0 Å². The molecule has 2 rings (SSSR count). The monoisotopic (exact) mass is 240 g/mol. The molecule has 0 unspecified atom stereocenters. The van der Waals surface area contributed by atoms with E-state index in [4.69, 9.17) is 5.26 Å². The molecule has 0 bridgehead atoms. The average Bonchev–Trinajstić information content (AvgIpc) is 2.64. The minimum atomic E-state index is 0.595. The molecule has 1 aromatic carbocycles. The summed E-state index contributed by atoms with van der Waals surface area (Å²) in [5.74, 6) is 0.735. The van der Waals surface area contributed by atoms with Crippen molar-refractivity contribution in [3.05, 3.63) is 41.1 Å². The fourth-order valence-corrected chi connectivity index (χ4v) is 1.90. The van der Waals surface area contributed by atoms with Crippen LogP contribution in [0.3, 0.4) is 0 Å². The van der Waals surface area contributed by atoms with E-state index >= 15 is 0 Å². The number of benzene rings is 1. The number of rotatable bonds is 3. The van der Waals surface area contributed by atoms with Crippen LogP contribution in [-0.4, -0.2) is 9.78 Å². The van der Waals surface area contributed by atoms with Gasteiger partial charge >= 0.3 is 0 Å². The highest BCUT2D eigenvalue weighted by Gasteiger charge is 2.12. The molecule has 4 nitrogen and oxygen atoms in total. The smallest absolute Gasteiger partial charge is 0.146 e. The summed E-state index contributed by atoms with van der Waals surface area (Å²) in [5.41, 5.74) is 3.60. The zero-order valence-electron chi connectivity index (χ0n) is 10.9. The Balaban J connectivity index is 2.31. The molecule has 0 amide bonds. The Labute approximate surface area is 107 Å². The fourth-order valence-electron chi connectivity index (χ4n) is 1.90. The van der Waals surface area contributed by atoms with Gasteiger partial charge in [0.15, 0.2) is 0 Å². The molecule has 92 valence electrons. The largest absolute Gasteiger partial charge is 0.339 e. The van der Waals surface area contributed by atoms with Gasteiger partial charge in [-0.1, -0.05) is 19.1 Å². The number of nitrogens with zero attached hydrogens (tertiary/aromatic N) is 3. The Morgan fingerprint density at radius 2 is 2.00 bits per heavy atom. The molecule has 0 spiro atoms. The van der Waals surface area contributed by atoms with E-state index in [9.17, 15) is 0 Å². The minimum Gasteiger partial charge on any atom is -0.339 e. The molecule has 4 heteroatoms. The van der Waals surface area contributed by atoms with E-state index < -0.39 is 0 Å². The van der Waals surface area contributed by atoms with Crippen molar-refractivity contribution in [2.75, 3.05) is 5.32 Å². The van der Waals surface area contributed by atoms with Crippen LogP contribution in [0.5, 0.6) is 0 Å². The standard InChI is InChI=1S/C14H16N4/c1-4-11-5-7-12(8-6-11)16-14-13(9-15)10(2)17-18(14)3/h5-8,16H,4H2,1-3H3. The van der Waals surface area contributed by atoms with Crippen LogP contribution in [-0.2, 0) is 13.5 Å². The van der Waals surface area contributed by atoms with Crippen molar-refractivity contribution in [2.24, 2.45) is 7.05 Å². The lowest BCUT2D eigenvalue weighted by atomic mass is 10.1. The van der Waals surface area contributed by atoms with Gasteiger partial charge < -0.3 is 5.32 Å². The van der Waals surface area contributed by atoms with E-state index in [0.29, 0.717) is 5.56 Å². The Hall–Kier alpha value is -2.28. The van der Waals surface area contributed by atoms with Gasteiger partial charge in [0.25, 0.3) is 0 Å². The van der Waals surface area contributed by atoms with Crippen LogP contribution in [0.25, 0.3) is 0 Å². The van der Waals surface area contributed by atoms with Crippen molar-refractivity contribution in [2.45, 2.75) is 20.3 Å². The van der Waals surface area contributed by atoms with Crippen LogP contribution in [0.2, 0.25) is 0 Å². The summed E-state index contributed by atoms with van der Waals surface area (Å²) in [6, 6.07) is 10.4. The second-order valence-corrected chi connectivity index (χ2v) is 4.22. The lowest BCUT2D eigenvalue weighted by molar-refractivity contribution is 0.765. The number of hydrogen-bond donors (Lipinski definition) is 1. The van der Waals surface area contributed by atoms with Crippen molar-refractivity contribution in [3.8, 4) is 6.07 Å².